The first kappa shape index (κ1) is 9.90. The molecule has 0 saturated carbocycles. The van der Waals surface area contributed by atoms with Gasteiger partial charge in [-0.05, 0) is 51.0 Å². The van der Waals surface area contributed by atoms with Crippen LogP contribution in [0.25, 0.3) is 0 Å². The van der Waals surface area contributed by atoms with E-state index in [-0.39, 0.29) is 0 Å². The number of aryl methyl sites for hydroxylation is 2. The second-order valence-corrected chi connectivity index (χ2v) is 4.00. The molecule has 0 amide bonds. The van der Waals surface area contributed by atoms with Crippen LogP contribution in [0.3, 0.4) is 0 Å². The number of H-pyrrole nitrogens is 1. The van der Waals surface area contributed by atoms with Crippen molar-refractivity contribution in [2.75, 3.05) is 0 Å². The SMILES string of the molecule is CC1=CC(C)=N/C1=N\c1[nH]c(C)cc1C. The third-order valence-corrected chi connectivity index (χ3v) is 2.40. The molecule has 0 saturated heterocycles. The summed E-state index contributed by atoms with van der Waals surface area (Å²) in [5.41, 5.74) is 4.44. The molecule has 1 aliphatic heterocycles. The second-order valence-electron chi connectivity index (χ2n) is 4.00. The van der Waals surface area contributed by atoms with E-state index in [4.69, 9.17) is 0 Å². The molecule has 0 fully saturated rings. The van der Waals surface area contributed by atoms with Crippen LogP contribution in [-0.4, -0.2) is 16.5 Å². The third-order valence-electron chi connectivity index (χ3n) is 2.40. The Kier molecular flexibility index (Phi) is 2.31. The topological polar surface area (TPSA) is 40.5 Å². The molecule has 3 nitrogen and oxygen atoms in total. The molecule has 0 atom stereocenters. The lowest BCUT2D eigenvalue weighted by Crippen LogP contribution is -1.90. The smallest absolute Gasteiger partial charge is 0.157 e. The van der Waals surface area contributed by atoms with Gasteiger partial charge in [0.2, 0.25) is 0 Å². The first-order valence-corrected chi connectivity index (χ1v) is 5.05. The van der Waals surface area contributed by atoms with E-state index in [1.54, 1.807) is 0 Å². The summed E-state index contributed by atoms with van der Waals surface area (Å²) in [5.74, 6) is 1.73. The van der Waals surface area contributed by atoms with Crippen LogP contribution in [0.1, 0.15) is 25.1 Å². The number of nitrogens with one attached hydrogen (secondary N) is 1. The average molecular weight is 201 g/mol. The van der Waals surface area contributed by atoms with Crippen molar-refractivity contribution in [2.24, 2.45) is 9.98 Å². The predicted octanol–water partition coefficient (Wildman–Crippen LogP) is 3.08. The van der Waals surface area contributed by atoms with Gasteiger partial charge < -0.3 is 4.98 Å². The fourth-order valence-electron chi connectivity index (χ4n) is 1.72. The predicted molar refractivity (Wildman–Crippen MR) is 64.2 cm³/mol. The van der Waals surface area contributed by atoms with Crippen molar-refractivity contribution in [3.8, 4) is 0 Å². The maximum Gasteiger partial charge on any atom is 0.157 e. The Hall–Kier alpha value is -1.64. The molecule has 78 valence electrons. The Morgan fingerprint density at radius 3 is 2.40 bits per heavy atom. The Morgan fingerprint density at radius 2 is 1.93 bits per heavy atom. The molecule has 0 spiro atoms. The minimum absolute atomic E-state index is 0.817. The van der Waals surface area contributed by atoms with Gasteiger partial charge >= 0.3 is 0 Å². The van der Waals surface area contributed by atoms with Crippen molar-refractivity contribution < 1.29 is 0 Å². The number of hydrogen-bond acceptors (Lipinski definition) is 1. The fraction of sp³-hybridized carbons (Fsp3) is 0.333. The number of nitrogens with zero attached hydrogens (tertiary/aromatic N) is 2. The highest BCUT2D eigenvalue weighted by atomic mass is 15.0. The van der Waals surface area contributed by atoms with Crippen LogP contribution in [-0.2, 0) is 0 Å². The minimum atomic E-state index is 0.817. The van der Waals surface area contributed by atoms with Crippen molar-refractivity contribution in [2.45, 2.75) is 27.7 Å². The summed E-state index contributed by atoms with van der Waals surface area (Å²) in [4.78, 5) is 12.1. The lowest BCUT2D eigenvalue weighted by atomic mass is 10.2. The van der Waals surface area contributed by atoms with Crippen LogP contribution in [0.15, 0.2) is 27.7 Å². The van der Waals surface area contributed by atoms with Crippen LogP contribution >= 0.6 is 0 Å². The Bertz CT molecular complexity index is 487. The molecule has 15 heavy (non-hydrogen) atoms. The van der Waals surface area contributed by atoms with E-state index in [0.717, 1.165) is 34.2 Å². The van der Waals surface area contributed by atoms with Gasteiger partial charge in [-0.1, -0.05) is 0 Å². The fourth-order valence-corrected chi connectivity index (χ4v) is 1.72. The monoisotopic (exact) mass is 201 g/mol. The zero-order valence-electron chi connectivity index (χ0n) is 9.55. The van der Waals surface area contributed by atoms with Crippen molar-refractivity contribution in [3.05, 3.63) is 29.0 Å². The summed E-state index contributed by atoms with van der Waals surface area (Å²) in [5, 5.41) is 0. The van der Waals surface area contributed by atoms with Gasteiger partial charge in [-0.15, -0.1) is 0 Å². The van der Waals surface area contributed by atoms with Crippen LogP contribution in [0.2, 0.25) is 0 Å². The van der Waals surface area contributed by atoms with Crippen molar-refractivity contribution in [1.82, 2.24) is 4.98 Å². The molecule has 1 aromatic rings. The highest BCUT2D eigenvalue weighted by Crippen LogP contribution is 2.21. The highest BCUT2D eigenvalue weighted by Gasteiger charge is 2.10. The zero-order chi connectivity index (χ0) is 11.0. The number of aromatic amines is 1. The molecule has 1 aliphatic rings. The summed E-state index contributed by atoms with van der Waals surface area (Å²) in [6.07, 6.45) is 2.05. The summed E-state index contributed by atoms with van der Waals surface area (Å²) in [6, 6.07) is 2.09. The summed E-state index contributed by atoms with van der Waals surface area (Å²) in [7, 11) is 0. The first-order chi connectivity index (χ1) is 7.06. The number of aliphatic imine (C=N–C) groups is 2. The van der Waals surface area contributed by atoms with Crippen LogP contribution in [0.5, 0.6) is 0 Å². The van der Waals surface area contributed by atoms with E-state index in [1.165, 1.54) is 0 Å². The largest absolute Gasteiger partial charge is 0.344 e. The Morgan fingerprint density at radius 1 is 1.20 bits per heavy atom. The molecule has 2 rings (SSSR count). The molecule has 0 bridgehead atoms. The molecule has 3 heteroatoms. The molecular weight excluding hydrogens is 186 g/mol. The third kappa shape index (κ3) is 1.91. The molecule has 0 aliphatic carbocycles. The van der Waals surface area contributed by atoms with Gasteiger partial charge in [0.15, 0.2) is 5.84 Å². The maximum atomic E-state index is 4.52. The van der Waals surface area contributed by atoms with E-state index >= 15 is 0 Å². The Balaban J connectivity index is 2.40. The van der Waals surface area contributed by atoms with E-state index in [0.29, 0.717) is 0 Å². The molecule has 0 unspecified atom stereocenters. The molecule has 0 radical (unpaired) electrons. The standard InChI is InChI=1S/C12H15N3/c1-7-5-9(3)13-11(7)15-12-8(2)6-10(4)14-12/h5-6,13H,1-4H3/b15-12-. The van der Waals surface area contributed by atoms with Gasteiger partial charge in [0, 0.05) is 11.4 Å². The highest BCUT2D eigenvalue weighted by molar-refractivity contribution is 6.17. The number of aromatic nitrogens is 1. The normalized spacial score (nSPS) is 18.3. The van der Waals surface area contributed by atoms with E-state index < -0.39 is 0 Å². The van der Waals surface area contributed by atoms with E-state index in [1.807, 2.05) is 33.8 Å². The quantitative estimate of drug-likeness (QED) is 0.725. The van der Waals surface area contributed by atoms with E-state index in [9.17, 15) is 0 Å². The van der Waals surface area contributed by atoms with E-state index in [2.05, 4.69) is 21.0 Å². The van der Waals surface area contributed by atoms with Crippen molar-refractivity contribution in [1.29, 1.82) is 0 Å². The molecule has 1 aromatic heterocycles. The summed E-state index contributed by atoms with van der Waals surface area (Å²) < 4.78 is 0. The molecule has 1 N–H and O–H groups in total. The molecule has 0 aromatic carbocycles. The second kappa shape index (κ2) is 3.50. The van der Waals surface area contributed by atoms with Crippen LogP contribution in [0, 0.1) is 13.8 Å². The minimum Gasteiger partial charge on any atom is -0.344 e. The number of hydrogen-bond donors (Lipinski definition) is 1. The Labute approximate surface area is 89.7 Å². The number of allylic oxidation sites excluding steroid dienone is 1. The van der Waals surface area contributed by atoms with Crippen LogP contribution in [0.4, 0.5) is 5.82 Å². The zero-order valence-corrected chi connectivity index (χ0v) is 9.55. The van der Waals surface area contributed by atoms with Gasteiger partial charge in [-0.2, -0.15) is 0 Å². The lowest BCUT2D eigenvalue weighted by Gasteiger charge is -1.95. The lowest BCUT2D eigenvalue weighted by molar-refractivity contribution is 1.23. The van der Waals surface area contributed by atoms with Gasteiger partial charge in [-0.3, -0.25) is 0 Å². The average Bonchev–Trinajstić information content (AvgIpc) is 2.58. The van der Waals surface area contributed by atoms with Crippen molar-refractivity contribution >= 4 is 17.4 Å². The molecule has 2 heterocycles. The van der Waals surface area contributed by atoms with Gasteiger partial charge in [-0.25, -0.2) is 9.98 Å². The number of amidine groups is 1. The first-order valence-electron chi connectivity index (χ1n) is 5.05. The van der Waals surface area contributed by atoms with Crippen LogP contribution < -0.4 is 0 Å². The van der Waals surface area contributed by atoms with Gasteiger partial charge in [0.05, 0.1) is 0 Å². The summed E-state index contributed by atoms with van der Waals surface area (Å²) in [6.45, 7) is 8.10. The van der Waals surface area contributed by atoms with Gasteiger partial charge in [0.25, 0.3) is 0 Å². The maximum absolute atomic E-state index is 4.52. The van der Waals surface area contributed by atoms with Crippen molar-refractivity contribution in [3.63, 3.8) is 0 Å². The number of rotatable bonds is 1. The molecular formula is C12H15N3. The van der Waals surface area contributed by atoms with Gasteiger partial charge in [0.1, 0.15) is 5.82 Å². The summed E-state index contributed by atoms with van der Waals surface area (Å²) >= 11 is 0.